The molecule has 0 fully saturated rings. The van der Waals surface area contributed by atoms with Gasteiger partial charge >= 0.3 is 0 Å². The highest BCUT2D eigenvalue weighted by Crippen LogP contribution is 2.36. The lowest BCUT2D eigenvalue weighted by atomic mass is 9.88. The van der Waals surface area contributed by atoms with Crippen LogP contribution in [0.25, 0.3) is 11.3 Å². The van der Waals surface area contributed by atoms with Crippen LogP contribution in [0.15, 0.2) is 36.4 Å². The zero-order valence-electron chi connectivity index (χ0n) is 14.3. The third-order valence-electron chi connectivity index (χ3n) is 4.76. The number of aromatic nitrogens is 3. The molecule has 0 spiro atoms. The van der Waals surface area contributed by atoms with E-state index in [1.165, 1.54) is 0 Å². The first-order chi connectivity index (χ1) is 12.0. The van der Waals surface area contributed by atoms with Crippen molar-refractivity contribution in [3.05, 3.63) is 59.0 Å². The average molecular weight is 332 g/mol. The van der Waals surface area contributed by atoms with Gasteiger partial charge in [0.15, 0.2) is 0 Å². The molecule has 1 unspecified atom stereocenters. The van der Waals surface area contributed by atoms with Crippen LogP contribution in [-0.4, -0.2) is 22.8 Å². The fourth-order valence-corrected chi connectivity index (χ4v) is 3.48. The maximum atomic E-state index is 14.5. The van der Waals surface area contributed by atoms with E-state index < -0.39 is 0 Å². The quantitative estimate of drug-likeness (QED) is 0.734. The highest BCUT2D eigenvalue weighted by Gasteiger charge is 2.25. The highest BCUT2D eigenvalue weighted by molar-refractivity contribution is 6.32. The molecule has 124 valence electrons. The summed E-state index contributed by atoms with van der Waals surface area (Å²) in [5.41, 5.74) is 5.79. The Bertz CT molecular complexity index is 951. The summed E-state index contributed by atoms with van der Waals surface area (Å²) in [4.78, 5) is 0. The van der Waals surface area contributed by atoms with Crippen molar-refractivity contribution in [3.8, 4) is 11.3 Å². The van der Waals surface area contributed by atoms with Crippen molar-refractivity contribution in [2.45, 2.75) is 32.9 Å². The number of hydrogen-bond donors (Lipinski definition) is 1. The number of nitrogens with one attached hydrogen (secondary N) is 1. The van der Waals surface area contributed by atoms with Gasteiger partial charge in [0.25, 0.3) is 0 Å². The highest BCUT2D eigenvalue weighted by atomic mass is 19.1. The molecule has 25 heavy (non-hydrogen) atoms. The number of hydrogen-bond acceptors (Lipinski definition) is 3. The van der Waals surface area contributed by atoms with Crippen molar-refractivity contribution in [1.29, 1.82) is 0 Å². The summed E-state index contributed by atoms with van der Waals surface area (Å²) in [6, 6.07) is 11.2. The molecular weight excluding hydrogens is 314 g/mol. The molecule has 0 saturated heterocycles. The number of halogens is 1. The Hall–Kier alpha value is -2.63. The van der Waals surface area contributed by atoms with Crippen molar-refractivity contribution < 1.29 is 4.39 Å². The van der Waals surface area contributed by atoms with Gasteiger partial charge in [0.1, 0.15) is 13.7 Å². The van der Waals surface area contributed by atoms with Crippen LogP contribution in [0.3, 0.4) is 0 Å². The first kappa shape index (κ1) is 15.9. The molecule has 4 nitrogen and oxygen atoms in total. The maximum Gasteiger partial charge on any atom is 0.149 e. The molecule has 3 aromatic rings. The van der Waals surface area contributed by atoms with Crippen LogP contribution < -0.4 is 10.8 Å². The molecule has 0 aliphatic carbocycles. The third-order valence-corrected chi connectivity index (χ3v) is 4.76. The number of anilines is 1. The molecule has 1 N–H and O–H groups in total. The van der Waals surface area contributed by atoms with Crippen molar-refractivity contribution in [2.75, 3.05) is 5.32 Å². The van der Waals surface area contributed by atoms with E-state index in [1.807, 2.05) is 35.9 Å². The smallest absolute Gasteiger partial charge is 0.149 e. The Labute approximate surface area is 147 Å². The topological polar surface area (TPSA) is 42.7 Å². The summed E-state index contributed by atoms with van der Waals surface area (Å²) in [7, 11) is 6.04. The van der Waals surface area contributed by atoms with Gasteiger partial charge < -0.3 is 5.32 Å². The van der Waals surface area contributed by atoms with Crippen molar-refractivity contribution in [3.63, 3.8) is 0 Å². The van der Waals surface area contributed by atoms with E-state index in [0.717, 1.165) is 28.9 Å². The Morgan fingerprint density at radius 2 is 2.08 bits per heavy atom. The monoisotopic (exact) mass is 332 g/mol. The first-order valence-electron chi connectivity index (χ1n) is 8.36. The van der Waals surface area contributed by atoms with E-state index in [4.69, 9.17) is 7.85 Å². The summed E-state index contributed by atoms with van der Waals surface area (Å²) in [6.45, 7) is 4.42. The second-order valence-electron chi connectivity index (χ2n) is 6.52. The van der Waals surface area contributed by atoms with Gasteiger partial charge in [0, 0.05) is 12.1 Å². The minimum absolute atomic E-state index is 0.0594. The summed E-state index contributed by atoms with van der Waals surface area (Å²) in [6.07, 6.45) is 0.764. The van der Waals surface area contributed by atoms with E-state index in [1.54, 1.807) is 19.1 Å². The normalized spacial score (nSPS) is 16.0. The van der Waals surface area contributed by atoms with Gasteiger partial charge in [0.05, 0.1) is 23.1 Å². The Balaban J connectivity index is 1.81. The van der Waals surface area contributed by atoms with E-state index in [2.05, 4.69) is 15.6 Å². The predicted octanol–water partition coefficient (Wildman–Crippen LogP) is 3.05. The SMILES string of the molecule is [B]c1ccc2c(c1)C(Nc1cccc(C)c1F)CCn1nnc(C)c1-2. The Morgan fingerprint density at radius 3 is 2.92 bits per heavy atom. The number of rotatable bonds is 2. The van der Waals surface area contributed by atoms with Crippen LogP contribution in [-0.2, 0) is 6.54 Å². The fourth-order valence-electron chi connectivity index (χ4n) is 3.48. The van der Waals surface area contributed by atoms with Gasteiger partial charge in [-0.15, -0.1) is 5.10 Å². The van der Waals surface area contributed by atoms with Crippen LogP contribution in [0.1, 0.15) is 29.3 Å². The van der Waals surface area contributed by atoms with E-state index in [0.29, 0.717) is 23.3 Å². The average Bonchev–Trinajstić information content (AvgIpc) is 2.88. The third kappa shape index (κ3) is 2.71. The molecular formula is C19H18BFN4. The second kappa shape index (κ2) is 6.03. The first-order valence-corrected chi connectivity index (χ1v) is 8.36. The molecule has 1 aliphatic rings. The standard InChI is InChI=1S/C19H18BFN4/c1-11-4-3-5-17(18(11)21)22-16-8-9-25-19(12(2)23-24-25)14-7-6-13(20)10-15(14)16/h3-7,10,16,22H,8-9H2,1-2H3. The molecule has 2 heterocycles. The lowest BCUT2D eigenvalue weighted by molar-refractivity contribution is 0.536. The van der Waals surface area contributed by atoms with Gasteiger partial charge in [-0.05, 0) is 37.5 Å². The second-order valence-corrected chi connectivity index (χ2v) is 6.52. The van der Waals surface area contributed by atoms with E-state index >= 15 is 0 Å². The lowest BCUT2D eigenvalue weighted by Gasteiger charge is -2.22. The summed E-state index contributed by atoms with van der Waals surface area (Å²) in [5, 5.41) is 11.8. The van der Waals surface area contributed by atoms with Gasteiger partial charge in [-0.25, -0.2) is 9.07 Å². The molecule has 0 amide bonds. The maximum absolute atomic E-state index is 14.5. The number of nitrogens with zero attached hydrogens (tertiary/aromatic N) is 3. The zero-order valence-corrected chi connectivity index (χ0v) is 14.3. The minimum Gasteiger partial charge on any atom is -0.376 e. The number of aryl methyl sites for hydroxylation is 3. The van der Waals surface area contributed by atoms with Crippen molar-refractivity contribution in [2.24, 2.45) is 0 Å². The van der Waals surface area contributed by atoms with E-state index in [-0.39, 0.29) is 11.9 Å². The van der Waals surface area contributed by atoms with Crippen LogP contribution in [0.5, 0.6) is 0 Å². The summed E-state index contributed by atoms with van der Waals surface area (Å²) in [5.74, 6) is -0.215. The van der Waals surface area contributed by atoms with Gasteiger partial charge in [-0.3, -0.25) is 0 Å². The van der Waals surface area contributed by atoms with Crippen molar-refractivity contribution >= 4 is 19.0 Å². The van der Waals surface area contributed by atoms with Crippen LogP contribution >= 0.6 is 0 Å². The molecule has 0 bridgehead atoms. The Morgan fingerprint density at radius 1 is 1.24 bits per heavy atom. The number of fused-ring (bicyclic) bond motifs is 3. The van der Waals surface area contributed by atoms with E-state index in [9.17, 15) is 4.39 Å². The fraction of sp³-hybridized carbons (Fsp3) is 0.263. The molecule has 4 rings (SSSR count). The summed E-state index contributed by atoms with van der Waals surface area (Å²) < 4.78 is 16.4. The molecule has 6 heteroatoms. The van der Waals surface area contributed by atoms with Crippen molar-refractivity contribution in [1.82, 2.24) is 15.0 Å². The molecule has 1 aromatic heterocycles. The zero-order chi connectivity index (χ0) is 17.6. The molecule has 2 radical (unpaired) electrons. The molecule has 1 aliphatic heterocycles. The molecule has 2 aromatic carbocycles. The Kier molecular flexibility index (Phi) is 3.83. The number of benzene rings is 2. The lowest BCUT2D eigenvalue weighted by Crippen LogP contribution is -2.16. The molecule has 1 atom stereocenters. The molecule has 0 saturated carbocycles. The van der Waals surface area contributed by atoms with Crippen LogP contribution in [0.4, 0.5) is 10.1 Å². The van der Waals surface area contributed by atoms with Gasteiger partial charge in [-0.1, -0.05) is 41.0 Å². The van der Waals surface area contributed by atoms with Crippen LogP contribution in [0, 0.1) is 19.7 Å². The predicted molar refractivity (Wildman–Crippen MR) is 97.7 cm³/mol. The largest absolute Gasteiger partial charge is 0.376 e. The van der Waals surface area contributed by atoms with Crippen LogP contribution in [0.2, 0.25) is 0 Å². The van der Waals surface area contributed by atoms with Gasteiger partial charge in [-0.2, -0.15) is 0 Å². The summed E-state index contributed by atoms with van der Waals surface area (Å²) >= 11 is 0. The minimum atomic E-state index is -0.215. The van der Waals surface area contributed by atoms with Gasteiger partial charge in [0.2, 0.25) is 0 Å².